The van der Waals surface area contributed by atoms with E-state index in [4.69, 9.17) is 5.73 Å². The quantitative estimate of drug-likeness (QED) is 0.596. The highest BCUT2D eigenvalue weighted by atomic mass is 14.6. The van der Waals surface area contributed by atoms with Crippen molar-refractivity contribution in [3.63, 3.8) is 0 Å². The van der Waals surface area contributed by atoms with Crippen LogP contribution in [0.1, 0.15) is 5.56 Å². The third-order valence-corrected chi connectivity index (χ3v) is 2.07. The molecule has 12 heavy (non-hydrogen) atoms. The number of aromatic nitrogens is 1. The molecule has 0 saturated heterocycles. The molecule has 2 heteroatoms. The van der Waals surface area contributed by atoms with Crippen molar-refractivity contribution in [3.8, 4) is 0 Å². The molecular formula is C10H10N2. The van der Waals surface area contributed by atoms with Crippen LogP contribution < -0.4 is 5.73 Å². The molecule has 1 aromatic heterocycles. The number of nitrogen functional groups attached to an aromatic ring is 1. The lowest BCUT2D eigenvalue weighted by Crippen LogP contribution is -1.88. The van der Waals surface area contributed by atoms with Crippen molar-refractivity contribution in [2.75, 3.05) is 5.73 Å². The highest BCUT2D eigenvalue weighted by Crippen LogP contribution is 2.22. The second-order valence-corrected chi connectivity index (χ2v) is 2.89. The Morgan fingerprint density at radius 2 is 2.00 bits per heavy atom. The van der Waals surface area contributed by atoms with E-state index >= 15 is 0 Å². The monoisotopic (exact) mass is 158 g/mol. The van der Waals surface area contributed by atoms with Crippen LogP contribution in [-0.2, 0) is 0 Å². The predicted octanol–water partition coefficient (Wildman–Crippen LogP) is 2.13. The number of nitrogens with two attached hydrogens (primary N) is 1. The van der Waals surface area contributed by atoms with E-state index in [1.54, 1.807) is 6.20 Å². The maximum absolute atomic E-state index is 5.80. The molecule has 60 valence electrons. The van der Waals surface area contributed by atoms with Crippen LogP contribution in [0.4, 0.5) is 5.69 Å². The molecule has 0 saturated carbocycles. The minimum Gasteiger partial charge on any atom is -0.398 e. The Kier molecular flexibility index (Phi) is 1.47. The lowest BCUT2D eigenvalue weighted by Gasteiger charge is -2.03. The molecule has 0 amide bonds. The van der Waals surface area contributed by atoms with E-state index in [1.807, 2.05) is 24.4 Å². The number of hydrogen-bond acceptors (Lipinski definition) is 2. The fourth-order valence-corrected chi connectivity index (χ4v) is 1.35. The topological polar surface area (TPSA) is 38.9 Å². The molecule has 0 radical (unpaired) electrons. The third-order valence-electron chi connectivity index (χ3n) is 2.07. The van der Waals surface area contributed by atoms with Crippen molar-refractivity contribution >= 4 is 16.5 Å². The van der Waals surface area contributed by atoms with Gasteiger partial charge in [-0.15, -0.1) is 0 Å². The van der Waals surface area contributed by atoms with Crippen molar-refractivity contribution in [1.29, 1.82) is 0 Å². The van der Waals surface area contributed by atoms with Gasteiger partial charge in [0.15, 0.2) is 0 Å². The molecule has 0 atom stereocenters. The molecule has 0 aliphatic carbocycles. The van der Waals surface area contributed by atoms with Gasteiger partial charge in [0, 0.05) is 28.9 Å². The summed E-state index contributed by atoms with van der Waals surface area (Å²) in [6.45, 7) is 2.06. The van der Waals surface area contributed by atoms with Crippen molar-refractivity contribution in [2.24, 2.45) is 0 Å². The van der Waals surface area contributed by atoms with E-state index in [9.17, 15) is 0 Å². The summed E-state index contributed by atoms with van der Waals surface area (Å²) in [4.78, 5) is 4.06. The van der Waals surface area contributed by atoms with E-state index in [0.717, 1.165) is 16.5 Å². The Balaban J connectivity index is 2.95. The van der Waals surface area contributed by atoms with Gasteiger partial charge in [-0.1, -0.05) is 6.07 Å². The number of aryl methyl sites for hydroxylation is 1. The van der Waals surface area contributed by atoms with Gasteiger partial charge < -0.3 is 5.73 Å². The Morgan fingerprint density at radius 1 is 1.17 bits per heavy atom. The summed E-state index contributed by atoms with van der Waals surface area (Å²) in [5.74, 6) is 0. The molecule has 0 unspecified atom stereocenters. The van der Waals surface area contributed by atoms with Gasteiger partial charge in [0.2, 0.25) is 0 Å². The maximum atomic E-state index is 5.80. The minimum absolute atomic E-state index is 0.818. The summed E-state index contributed by atoms with van der Waals surface area (Å²) in [6.07, 6.45) is 3.61. The number of fused-ring (bicyclic) bond motifs is 1. The Labute approximate surface area is 71.0 Å². The van der Waals surface area contributed by atoms with Crippen LogP contribution in [0.3, 0.4) is 0 Å². The van der Waals surface area contributed by atoms with E-state index in [-0.39, 0.29) is 0 Å². The first kappa shape index (κ1) is 7.10. The molecule has 2 rings (SSSR count). The van der Waals surface area contributed by atoms with Crippen LogP contribution in [0.2, 0.25) is 0 Å². The summed E-state index contributed by atoms with van der Waals surface area (Å²) in [6, 6.07) is 5.88. The molecule has 0 spiro atoms. The van der Waals surface area contributed by atoms with E-state index in [0.29, 0.717) is 0 Å². The fraction of sp³-hybridized carbons (Fsp3) is 0.100. The molecule has 0 aliphatic heterocycles. The molecular weight excluding hydrogens is 148 g/mol. The van der Waals surface area contributed by atoms with Gasteiger partial charge in [-0.05, 0) is 24.6 Å². The number of rotatable bonds is 0. The average Bonchev–Trinajstić information content (AvgIpc) is 2.12. The van der Waals surface area contributed by atoms with Gasteiger partial charge in [0.1, 0.15) is 0 Å². The smallest absolute Gasteiger partial charge is 0.0395 e. The number of benzene rings is 1. The molecule has 2 N–H and O–H groups in total. The molecule has 0 aliphatic rings. The lowest BCUT2D eigenvalue weighted by molar-refractivity contribution is 1.35. The van der Waals surface area contributed by atoms with Gasteiger partial charge in [0.25, 0.3) is 0 Å². The predicted molar refractivity (Wildman–Crippen MR) is 50.9 cm³/mol. The molecule has 2 nitrogen and oxygen atoms in total. The number of anilines is 1. The van der Waals surface area contributed by atoms with Crippen LogP contribution >= 0.6 is 0 Å². The molecule has 2 aromatic rings. The van der Waals surface area contributed by atoms with Crippen molar-refractivity contribution in [2.45, 2.75) is 6.92 Å². The van der Waals surface area contributed by atoms with E-state index in [1.165, 1.54) is 5.56 Å². The Bertz CT molecular complexity index is 381. The maximum Gasteiger partial charge on any atom is 0.0395 e. The fourth-order valence-electron chi connectivity index (χ4n) is 1.35. The van der Waals surface area contributed by atoms with Gasteiger partial charge in [-0.2, -0.15) is 0 Å². The van der Waals surface area contributed by atoms with Gasteiger partial charge in [-0.25, -0.2) is 0 Å². The summed E-state index contributed by atoms with van der Waals surface area (Å²) in [7, 11) is 0. The summed E-state index contributed by atoms with van der Waals surface area (Å²) < 4.78 is 0. The molecule has 0 bridgehead atoms. The third kappa shape index (κ3) is 0.925. The largest absolute Gasteiger partial charge is 0.398 e. The highest BCUT2D eigenvalue weighted by Gasteiger charge is 1.98. The second-order valence-electron chi connectivity index (χ2n) is 2.89. The number of nitrogens with zero attached hydrogens (tertiary/aromatic N) is 1. The Morgan fingerprint density at radius 3 is 2.75 bits per heavy atom. The van der Waals surface area contributed by atoms with E-state index < -0.39 is 0 Å². The first-order chi connectivity index (χ1) is 5.79. The van der Waals surface area contributed by atoms with Crippen LogP contribution in [-0.4, -0.2) is 4.98 Å². The zero-order valence-corrected chi connectivity index (χ0v) is 6.91. The average molecular weight is 158 g/mol. The molecule has 0 fully saturated rings. The standard InChI is InChI=1S/C10H10N2/c1-7-2-3-10(11)8-4-5-12-6-9(7)8/h2-6H,11H2,1H3. The first-order valence-electron chi connectivity index (χ1n) is 3.88. The summed E-state index contributed by atoms with van der Waals surface area (Å²) in [5.41, 5.74) is 7.83. The number of hydrogen-bond donors (Lipinski definition) is 1. The SMILES string of the molecule is Cc1ccc(N)c2ccncc12. The van der Waals surface area contributed by atoms with Crippen LogP contribution in [0.25, 0.3) is 10.8 Å². The van der Waals surface area contributed by atoms with Gasteiger partial charge >= 0.3 is 0 Å². The van der Waals surface area contributed by atoms with E-state index in [2.05, 4.69) is 11.9 Å². The zero-order chi connectivity index (χ0) is 8.55. The second kappa shape index (κ2) is 2.48. The zero-order valence-electron chi connectivity index (χ0n) is 6.91. The van der Waals surface area contributed by atoms with Crippen LogP contribution in [0.5, 0.6) is 0 Å². The van der Waals surface area contributed by atoms with Gasteiger partial charge in [0.05, 0.1) is 0 Å². The molecule has 1 aromatic carbocycles. The lowest BCUT2D eigenvalue weighted by atomic mass is 10.1. The van der Waals surface area contributed by atoms with Crippen LogP contribution in [0, 0.1) is 6.92 Å². The minimum atomic E-state index is 0.818. The number of pyridine rings is 1. The van der Waals surface area contributed by atoms with Crippen molar-refractivity contribution in [3.05, 3.63) is 36.2 Å². The summed E-state index contributed by atoms with van der Waals surface area (Å²) >= 11 is 0. The molecule has 1 heterocycles. The normalized spacial score (nSPS) is 10.4. The van der Waals surface area contributed by atoms with Crippen molar-refractivity contribution in [1.82, 2.24) is 4.98 Å². The Hall–Kier alpha value is -1.57. The van der Waals surface area contributed by atoms with Crippen LogP contribution in [0.15, 0.2) is 30.6 Å². The summed E-state index contributed by atoms with van der Waals surface area (Å²) in [5, 5.41) is 2.22. The van der Waals surface area contributed by atoms with Gasteiger partial charge in [-0.3, -0.25) is 4.98 Å². The highest BCUT2D eigenvalue weighted by molar-refractivity contribution is 5.94. The van der Waals surface area contributed by atoms with Crippen molar-refractivity contribution < 1.29 is 0 Å². The first-order valence-corrected chi connectivity index (χ1v) is 3.88.